The van der Waals surface area contributed by atoms with Crippen LogP contribution in [-0.2, 0) is 11.2 Å². The van der Waals surface area contributed by atoms with E-state index in [0.717, 1.165) is 17.9 Å². The molecule has 0 aliphatic carbocycles. The highest BCUT2D eigenvalue weighted by Gasteiger charge is 2.27. The van der Waals surface area contributed by atoms with Gasteiger partial charge in [-0.05, 0) is 25.0 Å². The number of aliphatic carboxylic acids is 1. The first-order valence-corrected chi connectivity index (χ1v) is 7.46. The number of piperidine rings is 1. The van der Waals surface area contributed by atoms with E-state index in [1.54, 1.807) is 23.2 Å². The third-order valence-corrected chi connectivity index (χ3v) is 4.17. The molecule has 1 aliphatic heterocycles. The Bertz CT molecular complexity index is 717. The zero-order valence-corrected chi connectivity index (χ0v) is 12.4. The van der Waals surface area contributed by atoms with Crippen LogP contribution in [0.4, 0.5) is 0 Å². The largest absolute Gasteiger partial charge is 0.481 e. The summed E-state index contributed by atoms with van der Waals surface area (Å²) in [6, 6.07) is 3.53. The first-order chi connectivity index (χ1) is 10.6. The molecular weight excluding hydrogens is 284 g/mol. The second-order valence-electron chi connectivity index (χ2n) is 5.52. The van der Waals surface area contributed by atoms with Gasteiger partial charge in [-0.2, -0.15) is 0 Å². The van der Waals surface area contributed by atoms with E-state index in [1.807, 2.05) is 11.3 Å². The fourth-order valence-electron chi connectivity index (χ4n) is 2.82. The molecule has 0 radical (unpaired) electrons. The van der Waals surface area contributed by atoms with Crippen molar-refractivity contribution in [3.05, 3.63) is 29.7 Å². The number of hydrogen-bond acceptors (Lipinski definition) is 4. The zero-order chi connectivity index (χ0) is 15.7. The molecule has 3 rings (SSSR count). The Morgan fingerprint density at radius 2 is 2.00 bits per heavy atom. The summed E-state index contributed by atoms with van der Waals surface area (Å²) in [5.41, 5.74) is 1.30. The maximum atomic E-state index is 12.6. The molecule has 1 N–H and O–H groups in total. The molecular formula is C15H18N4O3. The van der Waals surface area contributed by atoms with Gasteiger partial charge in [0, 0.05) is 25.7 Å². The van der Waals surface area contributed by atoms with Crippen molar-refractivity contribution < 1.29 is 14.7 Å². The lowest BCUT2D eigenvalue weighted by molar-refractivity contribution is -0.143. The lowest BCUT2D eigenvalue weighted by Crippen LogP contribution is -2.40. The van der Waals surface area contributed by atoms with Gasteiger partial charge in [0.15, 0.2) is 5.65 Å². The molecule has 0 aromatic carbocycles. The fraction of sp³-hybridized carbons (Fsp3) is 0.467. The van der Waals surface area contributed by atoms with Crippen molar-refractivity contribution in [2.45, 2.75) is 26.2 Å². The summed E-state index contributed by atoms with van der Waals surface area (Å²) in [5, 5.41) is 17.1. The van der Waals surface area contributed by atoms with Gasteiger partial charge in [-0.3, -0.25) is 14.0 Å². The Labute approximate surface area is 127 Å². The monoisotopic (exact) mass is 302 g/mol. The lowest BCUT2D eigenvalue weighted by atomic mass is 9.97. The summed E-state index contributed by atoms with van der Waals surface area (Å²) in [6.07, 6.45) is 3.52. The number of pyridine rings is 1. The van der Waals surface area contributed by atoms with Crippen LogP contribution in [0.25, 0.3) is 5.65 Å². The molecule has 2 aromatic rings. The minimum Gasteiger partial charge on any atom is -0.481 e. The van der Waals surface area contributed by atoms with Gasteiger partial charge < -0.3 is 10.0 Å². The lowest BCUT2D eigenvalue weighted by Gasteiger charge is -2.30. The van der Waals surface area contributed by atoms with E-state index in [-0.39, 0.29) is 11.8 Å². The molecule has 116 valence electrons. The number of hydrogen-bond donors (Lipinski definition) is 1. The molecule has 0 saturated carbocycles. The van der Waals surface area contributed by atoms with Crippen molar-refractivity contribution in [1.29, 1.82) is 0 Å². The highest BCUT2D eigenvalue weighted by Crippen LogP contribution is 2.19. The van der Waals surface area contributed by atoms with E-state index in [0.29, 0.717) is 31.5 Å². The first kappa shape index (κ1) is 14.5. The SMILES string of the molecule is CCc1nnc2ccc(C(=O)N3CCC(C(=O)O)CC3)cn12. The molecule has 1 aliphatic rings. The predicted molar refractivity (Wildman–Crippen MR) is 78.6 cm³/mol. The number of amides is 1. The van der Waals surface area contributed by atoms with E-state index in [1.165, 1.54) is 0 Å². The Hall–Kier alpha value is -2.44. The predicted octanol–water partition coefficient (Wildman–Crippen LogP) is 1.23. The van der Waals surface area contributed by atoms with E-state index >= 15 is 0 Å². The van der Waals surface area contributed by atoms with Crippen LogP contribution in [0.3, 0.4) is 0 Å². The molecule has 0 bridgehead atoms. The molecule has 3 heterocycles. The van der Waals surface area contributed by atoms with Gasteiger partial charge >= 0.3 is 5.97 Å². The summed E-state index contributed by atoms with van der Waals surface area (Å²) in [6.45, 7) is 2.95. The third kappa shape index (κ3) is 2.54. The number of carboxylic acid groups (broad SMARTS) is 1. The van der Waals surface area contributed by atoms with E-state index in [9.17, 15) is 9.59 Å². The Balaban J connectivity index is 1.79. The molecule has 1 saturated heterocycles. The quantitative estimate of drug-likeness (QED) is 0.921. The topological polar surface area (TPSA) is 87.8 Å². The minimum absolute atomic E-state index is 0.0681. The molecule has 0 spiro atoms. The number of carbonyl (C=O) groups excluding carboxylic acids is 1. The van der Waals surface area contributed by atoms with Crippen LogP contribution in [0.5, 0.6) is 0 Å². The number of aryl methyl sites for hydroxylation is 1. The average Bonchev–Trinajstić information content (AvgIpc) is 2.96. The first-order valence-electron chi connectivity index (χ1n) is 7.46. The number of carboxylic acids is 1. The summed E-state index contributed by atoms with van der Waals surface area (Å²) < 4.78 is 1.83. The van der Waals surface area contributed by atoms with Crippen molar-refractivity contribution in [3.8, 4) is 0 Å². The molecule has 1 amide bonds. The molecule has 7 heteroatoms. The summed E-state index contributed by atoms with van der Waals surface area (Å²) in [7, 11) is 0. The minimum atomic E-state index is -0.773. The Morgan fingerprint density at radius 1 is 1.27 bits per heavy atom. The van der Waals surface area contributed by atoms with Gasteiger partial charge in [-0.25, -0.2) is 0 Å². The highest BCUT2D eigenvalue weighted by atomic mass is 16.4. The fourth-order valence-corrected chi connectivity index (χ4v) is 2.82. The molecule has 2 aromatic heterocycles. The average molecular weight is 302 g/mol. The van der Waals surface area contributed by atoms with Crippen molar-refractivity contribution >= 4 is 17.5 Å². The second-order valence-corrected chi connectivity index (χ2v) is 5.52. The van der Waals surface area contributed by atoms with Crippen molar-refractivity contribution in [2.75, 3.05) is 13.1 Å². The van der Waals surface area contributed by atoms with Crippen LogP contribution in [-0.4, -0.2) is 49.6 Å². The van der Waals surface area contributed by atoms with Crippen LogP contribution < -0.4 is 0 Å². The summed E-state index contributed by atoms with van der Waals surface area (Å²) in [5.74, 6) is -0.364. The van der Waals surface area contributed by atoms with Crippen LogP contribution in [0, 0.1) is 5.92 Å². The Morgan fingerprint density at radius 3 is 2.64 bits per heavy atom. The number of likely N-dealkylation sites (tertiary alicyclic amines) is 1. The van der Waals surface area contributed by atoms with Gasteiger partial charge in [-0.1, -0.05) is 6.92 Å². The second kappa shape index (κ2) is 5.75. The van der Waals surface area contributed by atoms with Gasteiger partial charge in [0.05, 0.1) is 11.5 Å². The third-order valence-electron chi connectivity index (χ3n) is 4.17. The number of nitrogens with zero attached hydrogens (tertiary/aromatic N) is 4. The van der Waals surface area contributed by atoms with E-state index < -0.39 is 5.97 Å². The van der Waals surface area contributed by atoms with E-state index in [2.05, 4.69) is 10.2 Å². The molecule has 7 nitrogen and oxygen atoms in total. The molecule has 0 unspecified atom stereocenters. The van der Waals surface area contributed by atoms with Crippen LogP contribution in [0.1, 0.15) is 35.9 Å². The summed E-state index contributed by atoms with van der Waals surface area (Å²) >= 11 is 0. The van der Waals surface area contributed by atoms with Gasteiger partial charge in [-0.15, -0.1) is 10.2 Å². The Kier molecular flexibility index (Phi) is 3.79. The van der Waals surface area contributed by atoms with Crippen molar-refractivity contribution in [2.24, 2.45) is 5.92 Å². The van der Waals surface area contributed by atoms with Gasteiger partial charge in [0.1, 0.15) is 5.82 Å². The number of carbonyl (C=O) groups is 2. The molecule has 0 atom stereocenters. The molecule has 22 heavy (non-hydrogen) atoms. The standard InChI is InChI=1S/C15H18N4O3/c1-2-12-16-17-13-4-3-11(9-19(12)13)14(20)18-7-5-10(6-8-18)15(21)22/h3-4,9-10H,2,5-8H2,1H3,(H,21,22). The van der Waals surface area contributed by atoms with E-state index in [4.69, 9.17) is 5.11 Å². The van der Waals surface area contributed by atoms with Crippen molar-refractivity contribution in [1.82, 2.24) is 19.5 Å². The number of aromatic nitrogens is 3. The zero-order valence-electron chi connectivity index (χ0n) is 12.4. The van der Waals surface area contributed by atoms with Crippen molar-refractivity contribution in [3.63, 3.8) is 0 Å². The normalized spacial score (nSPS) is 16.1. The van der Waals surface area contributed by atoms with Crippen LogP contribution in [0.15, 0.2) is 18.3 Å². The molecule has 1 fully saturated rings. The number of fused-ring (bicyclic) bond motifs is 1. The maximum Gasteiger partial charge on any atom is 0.306 e. The summed E-state index contributed by atoms with van der Waals surface area (Å²) in [4.78, 5) is 25.3. The number of rotatable bonds is 3. The van der Waals surface area contributed by atoms with Crippen LogP contribution in [0.2, 0.25) is 0 Å². The van der Waals surface area contributed by atoms with Gasteiger partial charge in [0.2, 0.25) is 0 Å². The highest BCUT2D eigenvalue weighted by molar-refractivity contribution is 5.94. The van der Waals surface area contributed by atoms with Gasteiger partial charge in [0.25, 0.3) is 5.91 Å². The maximum absolute atomic E-state index is 12.6. The smallest absolute Gasteiger partial charge is 0.306 e. The van der Waals surface area contributed by atoms with Crippen LogP contribution >= 0.6 is 0 Å².